The molecule has 60 valence electrons. The van der Waals surface area contributed by atoms with Crippen LogP contribution in [-0.4, -0.2) is 11.4 Å². The van der Waals surface area contributed by atoms with E-state index in [1.807, 2.05) is 25.1 Å². The summed E-state index contributed by atoms with van der Waals surface area (Å²) < 4.78 is 0. The van der Waals surface area contributed by atoms with Gasteiger partial charge in [-0.25, -0.2) is 0 Å². The molecule has 1 aromatic rings. The summed E-state index contributed by atoms with van der Waals surface area (Å²) in [5, 5.41) is 8.92. The molecule has 0 saturated heterocycles. The van der Waals surface area contributed by atoms with E-state index >= 15 is 0 Å². The van der Waals surface area contributed by atoms with Gasteiger partial charge in [-0.2, -0.15) is 0 Å². The number of hydrogen-bond donors (Lipinski definition) is 1. The average molecular weight is 152 g/mol. The van der Waals surface area contributed by atoms with Gasteiger partial charge in [0.25, 0.3) is 0 Å². The zero-order chi connectivity index (χ0) is 8.69. The highest BCUT2D eigenvalue weighted by Gasteiger charge is 1.86. The second-order valence-corrected chi connectivity index (χ2v) is 2.02. The molecule has 2 heteroatoms. The summed E-state index contributed by atoms with van der Waals surface area (Å²) in [7, 11) is 0. The SMILES string of the molecule is CC=O.Cc1ccccc1O. The summed E-state index contributed by atoms with van der Waals surface area (Å²) in [5.41, 5.74) is 0.924. The van der Waals surface area contributed by atoms with Gasteiger partial charge >= 0.3 is 0 Å². The number of phenols is 1. The molecule has 1 rings (SSSR count). The first-order valence-electron chi connectivity index (χ1n) is 3.36. The summed E-state index contributed by atoms with van der Waals surface area (Å²) in [6.45, 7) is 3.31. The van der Waals surface area contributed by atoms with E-state index in [0.29, 0.717) is 5.75 Å². The molecule has 1 aromatic carbocycles. The Labute approximate surface area is 66.5 Å². The van der Waals surface area contributed by atoms with Crippen molar-refractivity contribution in [3.63, 3.8) is 0 Å². The van der Waals surface area contributed by atoms with Crippen molar-refractivity contribution < 1.29 is 9.90 Å². The number of rotatable bonds is 0. The number of benzene rings is 1. The van der Waals surface area contributed by atoms with E-state index in [0.717, 1.165) is 11.8 Å². The van der Waals surface area contributed by atoms with Crippen molar-refractivity contribution in [3.05, 3.63) is 29.8 Å². The largest absolute Gasteiger partial charge is 0.508 e. The number of para-hydroxylation sites is 1. The zero-order valence-electron chi connectivity index (χ0n) is 6.74. The molecule has 0 bridgehead atoms. The second kappa shape index (κ2) is 5.47. The van der Waals surface area contributed by atoms with Crippen molar-refractivity contribution in [1.29, 1.82) is 0 Å². The molecule has 0 aliphatic carbocycles. The maximum absolute atomic E-state index is 8.92. The van der Waals surface area contributed by atoms with Gasteiger partial charge in [-0.15, -0.1) is 0 Å². The van der Waals surface area contributed by atoms with Gasteiger partial charge in [0, 0.05) is 0 Å². The Morgan fingerprint density at radius 2 is 1.82 bits per heavy atom. The summed E-state index contributed by atoms with van der Waals surface area (Å²) >= 11 is 0. The topological polar surface area (TPSA) is 37.3 Å². The van der Waals surface area contributed by atoms with Crippen LogP contribution in [0.3, 0.4) is 0 Å². The lowest BCUT2D eigenvalue weighted by atomic mass is 10.2. The van der Waals surface area contributed by atoms with E-state index in [4.69, 9.17) is 9.90 Å². The van der Waals surface area contributed by atoms with Gasteiger partial charge in [0.05, 0.1) is 0 Å². The molecule has 0 radical (unpaired) electrons. The smallest absolute Gasteiger partial charge is 0.118 e. The molecule has 2 nitrogen and oxygen atoms in total. The number of aldehydes is 1. The second-order valence-electron chi connectivity index (χ2n) is 2.02. The fraction of sp³-hybridized carbons (Fsp3) is 0.222. The lowest BCUT2D eigenvalue weighted by molar-refractivity contribution is -0.106. The highest BCUT2D eigenvalue weighted by molar-refractivity contribution is 5.44. The maximum Gasteiger partial charge on any atom is 0.118 e. The minimum absolute atomic E-state index is 0.368. The summed E-state index contributed by atoms with van der Waals surface area (Å²) in [4.78, 5) is 8.81. The minimum Gasteiger partial charge on any atom is -0.508 e. The van der Waals surface area contributed by atoms with Crippen molar-refractivity contribution in [3.8, 4) is 5.75 Å². The van der Waals surface area contributed by atoms with Crippen LogP contribution in [0.2, 0.25) is 0 Å². The van der Waals surface area contributed by atoms with Gasteiger partial charge in [0.15, 0.2) is 0 Å². The maximum atomic E-state index is 8.92. The van der Waals surface area contributed by atoms with E-state index in [9.17, 15) is 0 Å². The van der Waals surface area contributed by atoms with Crippen LogP contribution in [0.4, 0.5) is 0 Å². The Morgan fingerprint density at radius 1 is 1.36 bits per heavy atom. The Hall–Kier alpha value is -1.31. The molecule has 0 saturated carbocycles. The van der Waals surface area contributed by atoms with Crippen LogP contribution in [0.25, 0.3) is 0 Å². The monoisotopic (exact) mass is 152 g/mol. The number of aromatic hydroxyl groups is 1. The normalized spacial score (nSPS) is 7.82. The summed E-state index contributed by atoms with van der Waals surface area (Å²) in [6, 6.07) is 7.25. The quantitative estimate of drug-likeness (QED) is 0.576. The molecule has 0 spiro atoms. The van der Waals surface area contributed by atoms with Gasteiger partial charge in [0.2, 0.25) is 0 Å². The Bertz CT molecular complexity index is 198. The molecule has 0 aliphatic rings. The fourth-order valence-corrected chi connectivity index (χ4v) is 0.563. The summed E-state index contributed by atoms with van der Waals surface area (Å²) in [5.74, 6) is 0.368. The van der Waals surface area contributed by atoms with Crippen molar-refractivity contribution in [1.82, 2.24) is 0 Å². The molecule has 0 heterocycles. The van der Waals surface area contributed by atoms with Gasteiger partial charge in [0.1, 0.15) is 12.0 Å². The Morgan fingerprint density at radius 3 is 2.09 bits per heavy atom. The van der Waals surface area contributed by atoms with E-state index in [2.05, 4.69) is 0 Å². The van der Waals surface area contributed by atoms with Crippen LogP contribution in [0.15, 0.2) is 24.3 Å². The van der Waals surface area contributed by atoms with Crippen molar-refractivity contribution in [2.24, 2.45) is 0 Å². The molecular formula is C9H12O2. The van der Waals surface area contributed by atoms with Crippen LogP contribution in [0.5, 0.6) is 5.75 Å². The third-order valence-corrected chi connectivity index (χ3v) is 1.12. The van der Waals surface area contributed by atoms with Crippen LogP contribution >= 0.6 is 0 Å². The highest BCUT2D eigenvalue weighted by Crippen LogP contribution is 2.12. The lowest BCUT2D eigenvalue weighted by Crippen LogP contribution is -1.68. The van der Waals surface area contributed by atoms with Crippen LogP contribution in [-0.2, 0) is 4.79 Å². The predicted octanol–water partition coefficient (Wildman–Crippen LogP) is 1.91. The van der Waals surface area contributed by atoms with E-state index in [1.54, 1.807) is 6.07 Å². The van der Waals surface area contributed by atoms with Crippen LogP contribution < -0.4 is 0 Å². The molecule has 0 amide bonds. The standard InChI is InChI=1S/C7H8O.C2H4O/c1-6-4-2-3-5-7(6)8;1-2-3/h2-5,8H,1H3;2H,1H3. The zero-order valence-corrected chi connectivity index (χ0v) is 6.74. The van der Waals surface area contributed by atoms with E-state index in [1.165, 1.54) is 6.92 Å². The first-order valence-corrected chi connectivity index (χ1v) is 3.36. The number of carbonyl (C=O) groups is 1. The predicted molar refractivity (Wildman–Crippen MR) is 44.6 cm³/mol. The molecule has 0 atom stereocenters. The van der Waals surface area contributed by atoms with Crippen LogP contribution in [0, 0.1) is 6.92 Å². The highest BCUT2D eigenvalue weighted by atomic mass is 16.3. The average Bonchev–Trinajstić information content (AvgIpc) is 1.97. The third kappa shape index (κ3) is 4.14. The fourth-order valence-electron chi connectivity index (χ4n) is 0.563. The molecule has 0 aliphatic heterocycles. The summed E-state index contributed by atoms with van der Waals surface area (Å²) in [6.07, 6.45) is 0.750. The van der Waals surface area contributed by atoms with Crippen LogP contribution in [0.1, 0.15) is 12.5 Å². The molecule has 0 unspecified atom stereocenters. The number of hydrogen-bond acceptors (Lipinski definition) is 2. The third-order valence-electron chi connectivity index (χ3n) is 1.12. The van der Waals surface area contributed by atoms with Crippen molar-refractivity contribution in [2.45, 2.75) is 13.8 Å². The van der Waals surface area contributed by atoms with Crippen molar-refractivity contribution in [2.75, 3.05) is 0 Å². The first kappa shape index (κ1) is 9.69. The molecule has 11 heavy (non-hydrogen) atoms. The van der Waals surface area contributed by atoms with Gasteiger partial charge in [-0.1, -0.05) is 18.2 Å². The van der Waals surface area contributed by atoms with Gasteiger partial charge in [-0.05, 0) is 25.5 Å². The number of aryl methyl sites for hydroxylation is 1. The number of phenolic OH excluding ortho intramolecular Hbond substituents is 1. The van der Waals surface area contributed by atoms with E-state index in [-0.39, 0.29) is 0 Å². The molecule has 1 N–H and O–H groups in total. The van der Waals surface area contributed by atoms with Gasteiger partial charge < -0.3 is 9.90 Å². The minimum atomic E-state index is 0.368. The van der Waals surface area contributed by atoms with Gasteiger partial charge in [-0.3, -0.25) is 0 Å². The lowest BCUT2D eigenvalue weighted by Gasteiger charge is -1.92. The first-order chi connectivity index (χ1) is 5.22. The van der Waals surface area contributed by atoms with Crippen molar-refractivity contribution >= 4 is 6.29 Å². The molecule has 0 aromatic heterocycles. The van der Waals surface area contributed by atoms with E-state index < -0.39 is 0 Å². The number of carbonyl (C=O) groups excluding carboxylic acids is 1. The molecular weight excluding hydrogens is 140 g/mol. The molecule has 0 fully saturated rings. The Balaban J connectivity index is 0.000000292. The Kier molecular flexibility index (Phi) is 4.82.